The Morgan fingerprint density at radius 1 is 1.36 bits per heavy atom. The first kappa shape index (κ1) is 21.1. The van der Waals surface area contributed by atoms with Gasteiger partial charge >= 0.3 is 0 Å². The maximum Gasteiger partial charge on any atom is 0.222 e. The largest absolute Gasteiger partial charge is 0.337 e. The number of para-hydroxylation sites is 1. The Morgan fingerprint density at radius 2 is 2.05 bits per heavy atom. The van der Waals surface area contributed by atoms with Crippen LogP contribution in [-0.2, 0) is 4.79 Å². The molecule has 2 aromatic rings. The fourth-order valence-electron chi connectivity index (χ4n) is 2.04. The third-order valence-electron chi connectivity index (χ3n) is 3.46. The van der Waals surface area contributed by atoms with Crippen molar-refractivity contribution in [3.8, 4) is 0 Å². The van der Waals surface area contributed by atoms with Crippen molar-refractivity contribution in [2.45, 2.75) is 25.8 Å². The Hall–Kier alpha value is -0.880. The average Bonchev–Trinajstić information content (AvgIpc) is 2.89. The third kappa shape index (κ3) is 5.09. The van der Waals surface area contributed by atoms with E-state index in [1.807, 2.05) is 39.2 Å². The minimum absolute atomic E-state index is 0. The van der Waals surface area contributed by atoms with Crippen molar-refractivity contribution in [2.75, 3.05) is 20.6 Å². The zero-order valence-electron chi connectivity index (χ0n) is 13.0. The molecule has 0 aliphatic heterocycles. The van der Waals surface area contributed by atoms with Gasteiger partial charge < -0.3 is 10.2 Å². The summed E-state index contributed by atoms with van der Waals surface area (Å²) in [7, 11) is 3.76. The van der Waals surface area contributed by atoms with Crippen molar-refractivity contribution in [1.82, 2.24) is 15.2 Å². The summed E-state index contributed by atoms with van der Waals surface area (Å²) < 4.78 is 1.17. The second-order valence-corrected chi connectivity index (χ2v) is 5.97. The monoisotopic (exact) mass is 363 g/mol. The van der Waals surface area contributed by atoms with Crippen LogP contribution in [0.1, 0.15) is 30.8 Å². The Balaban J connectivity index is 0.00000220. The van der Waals surface area contributed by atoms with Crippen LogP contribution in [0.5, 0.6) is 0 Å². The fraction of sp³-hybridized carbons (Fsp3) is 0.467. The van der Waals surface area contributed by atoms with Gasteiger partial charge in [-0.3, -0.25) is 4.79 Å². The smallest absolute Gasteiger partial charge is 0.222 e. The minimum Gasteiger partial charge on any atom is -0.337 e. The summed E-state index contributed by atoms with van der Waals surface area (Å²) in [6.07, 6.45) is 1.44. The summed E-state index contributed by atoms with van der Waals surface area (Å²) in [4.78, 5) is 18.5. The number of nitrogens with zero attached hydrogens (tertiary/aromatic N) is 2. The normalized spacial score (nSPS) is 11.4. The Kier molecular flexibility index (Phi) is 9.60. The number of aromatic nitrogens is 1. The zero-order chi connectivity index (χ0) is 14.5. The Labute approximate surface area is 148 Å². The molecular formula is C15H23Cl2N3OS. The van der Waals surface area contributed by atoms with E-state index in [0.29, 0.717) is 6.42 Å². The molecule has 0 fully saturated rings. The van der Waals surface area contributed by atoms with Crippen LogP contribution >= 0.6 is 36.2 Å². The molecule has 1 unspecified atom stereocenters. The molecule has 0 radical (unpaired) electrons. The van der Waals surface area contributed by atoms with Crippen LogP contribution in [0.3, 0.4) is 0 Å². The first-order valence-corrected chi connectivity index (χ1v) is 7.71. The third-order valence-corrected chi connectivity index (χ3v) is 4.67. The van der Waals surface area contributed by atoms with Gasteiger partial charge in [0.2, 0.25) is 5.91 Å². The fourth-order valence-corrected chi connectivity index (χ4v) is 3.11. The van der Waals surface area contributed by atoms with Gasteiger partial charge in [0, 0.05) is 13.5 Å². The number of halogens is 2. The summed E-state index contributed by atoms with van der Waals surface area (Å²) >= 11 is 1.66. The molecule has 1 heterocycles. The first-order valence-electron chi connectivity index (χ1n) is 6.89. The molecule has 124 valence electrons. The summed E-state index contributed by atoms with van der Waals surface area (Å²) in [5.41, 5.74) is 1.01. The van der Waals surface area contributed by atoms with Crippen molar-refractivity contribution in [1.29, 1.82) is 0 Å². The molecule has 4 nitrogen and oxygen atoms in total. The van der Waals surface area contributed by atoms with Crippen LogP contribution < -0.4 is 5.32 Å². The number of hydrogen-bond donors (Lipinski definition) is 1. The molecule has 1 aromatic heterocycles. The van der Waals surface area contributed by atoms with E-state index < -0.39 is 0 Å². The van der Waals surface area contributed by atoms with Gasteiger partial charge in [-0.1, -0.05) is 12.1 Å². The molecule has 2 rings (SSSR count). The molecule has 0 saturated heterocycles. The van der Waals surface area contributed by atoms with E-state index in [-0.39, 0.29) is 36.8 Å². The summed E-state index contributed by atoms with van der Waals surface area (Å²) in [5, 5.41) is 4.06. The summed E-state index contributed by atoms with van der Waals surface area (Å²) in [5.74, 6) is 0.173. The number of hydrogen-bond acceptors (Lipinski definition) is 4. The zero-order valence-corrected chi connectivity index (χ0v) is 15.5. The number of carbonyl (C=O) groups excluding carboxylic acids is 1. The van der Waals surface area contributed by atoms with Crippen LogP contribution in [0.4, 0.5) is 0 Å². The van der Waals surface area contributed by atoms with Crippen molar-refractivity contribution in [2.24, 2.45) is 0 Å². The summed E-state index contributed by atoms with van der Waals surface area (Å²) in [6.45, 7) is 2.91. The predicted molar refractivity (Wildman–Crippen MR) is 98.5 cm³/mol. The second-order valence-electron chi connectivity index (χ2n) is 4.91. The number of nitrogens with one attached hydrogen (secondary N) is 1. The molecule has 0 spiro atoms. The van der Waals surface area contributed by atoms with Crippen molar-refractivity contribution in [3.05, 3.63) is 29.3 Å². The average molecular weight is 364 g/mol. The highest BCUT2D eigenvalue weighted by molar-refractivity contribution is 7.18. The highest BCUT2D eigenvalue weighted by atomic mass is 35.5. The standard InChI is InChI=1S/C15H21N3OS.2ClH/c1-11(18(3)14(19)9-6-10-16-2)15-17-12-7-4-5-8-13(12)20-15;;/h4-5,7-8,11,16H,6,9-10H2,1-3H3;2*1H. The first-order chi connectivity index (χ1) is 9.63. The molecule has 1 amide bonds. The highest BCUT2D eigenvalue weighted by Crippen LogP contribution is 2.29. The number of rotatable bonds is 6. The minimum atomic E-state index is 0. The second kappa shape index (κ2) is 10.0. The summed E-state index contributed by atoms with van der Waals surface area (Å²) in [6, 6.07) is 8.11. The van der Waals surface area contributed by atoms with Gasteiger partial charge in [0.15, 0.2) is 0 Å². The van der Waals surface area contributed by atoms with Gasteiger partial charge in [0.25, 0.3) is 0 Å². The molecule has 0 aliphatic carbocycles. The van der Waals surface area contributed by atoms with E-state index in [1.165, 1.54) is 4.70 Å². The van der Waals surface area contributed by atoms with E-state index in [9.17, 15) is 4.79 Å². The lowest BCUT2D eigenvalue weighted by molar-refractivity contribution is -0.131. The lowest BCUT2D eigenvalue weighted by Crippen LogP contribution is -2.29. The van der Waals surface area contributed by atoms with Gasteiger partial charge in [-0.15, -0.1) is 36.2 Å². The highest BCUT2D eigenvalue weighted by Gasteiger charge is 2.20. The van der Waals surface area contributed by atoms with E-state index in [4.69, 9.17) is 0 Å². The number of carbonyl (C=O) groups is 1. The maximum atomic E-state index is 12.1. The van der Waals surface area contributed by atoms with Crippen LogP contribution in [0.15, 0.2) is 24.3 Å². The van der Waals surface area contributed by atoms with Crippen molar-refractivity contribution in [3.63, 3.8) is 0 Å². The van der Waals surface area contributed by atoms with Gasteiger partial charge in [-0.25, -0.2) is 4.98 Å². The number of fused-ring (bicyclic) bond motifs is 1. The Morgan fingerprint density at radius 3 is 2.68 bits per heavy atom. The number of thiazole rings is 1. The van der Waals surface area contributed by atoms with Crippen LogP contribution in [-0.4, -0.2) is 36.4 Å². The molecule has 1 N–H and O–H groups in total. The van der Waals surface area contributed by atoms with E-state index in [2.05, 4.69) is 16.4 Å². The maximum absolute atomic E-state index is 12.1. The lowest BCUT2D eigenvalue weighted by atomic mass is 10.2. The van der Waals surface area contributed by atoms with Gasteiger partial charge in [0.05, 0.1) is 16.3 Å². The topological polar surface area (TPSA) is 45.2 Å². The quantitative estimate of drug-likeness (QED) is 0.796. The van der Waals surface area contributed by atoms with Gasteiger partial charge in [-0.2, -0.15) is 0 Å². The Bertz CT molecular complexity index is 558. The van der Waals surface area contributed by atoms with Crippen LogP contribution in [0.25, 0.3) is 10.2 Å². The van der Waals surface area contributed by atoms with E-state index >= 15 is 0 Å². The predicted octanol–water partition coefficient (Wildman–Crippen LogP) is 3.66. The number of benzene rings is 1. The van der Waals surface area contributed by atoms with Crippen molar-refractivity contribution < 1.29 is 4.79 Å². The van der Waals surface area contributed by atoms with E-state index in [0.717, 1.165) is 23.5 Å². The van der Waals surface area contributed by atoms with Crippen LogP contribution in [0.2, 0.25) is 0 Å². The molecule has 7 heteroatoms. The van der Waals surface area contributed by atoms with Crippen molar-refractivity contribution >= 4 is 52.3 Å². The molecular weight excluding hydrogens is 341 g/mol. The molecule has 0 saturated carbocycles. The molecule has 22 heavy (non-hydrogen) atoms. The van der Waals surface area contributed by atoms with Gasteiger partial charge in [-0.05, 0) is 39.1 Å². The molecule has 0 aliphatic rings. The van der Waals surface area contributed by atoms with Gasteiger partial charge in [0.1, 0.15) is 5.01 Å². The molecule has 0 bridgehead atoms. The van der Waals surface area contributed by atoms with Crippen LogP contribution in [0, 0.1) is 0 Å². The molecule has 1 atom stereocenters. The SMILES string of the molecule is CNCCCC(=O)N(C)C(C)c1nc2ccccc2s1.Cl.Cl. The number of amides is 1. The molecule has 1 aromatic carbocycles. The lowest BCUT2D eigenvalue weighted by Gasteiger charge is -2.23. The van der Waals surface area contributed by atoms with E-state index in [1.54, 1.807) is 16.2 Å².